The summed E-state index contributed by atoms with van der Waals surface area (Å²) in [5.41, 5.74) is 1.87. The van der Waals surface area contributed by atoms with Crippen LogP contribution in [0.25, 0.3) is 0 Å². The van der Waals surface area contributed by atoms with Crippen LogP contribution in [-0.4, -0.2) is 57.0 Å². The van der Waals surface area contributed by atoms with Crippen LogP contribution in [-0.2, 0) is 21.1 Å². The van der Waals surface area contributed by atoms with E-state index in [0.29, 0.717) is 16.3 Å². The van der Waals surface area contributed by atoms with Crippen LogP contribution in [0.3, 0.4) is 0 Å². The third kappa shape index (κ3) is 5.27. The van der Waals surface area contributed by atoms with E-state index in [1.807, 2.05) is 0 Å². The molecule has 1 heterocycles. The largest absolute Gasteiger partial charge is 0.465 e. The summed E-state index contributed by atoms with van der Waals surface area (Å²) in [5.74, 6) is -0.515. The zero-order chi connectivity index (χ0) is 21.0. The van der Waals surface area contributed by atoms with Crippen LogP contribution in [0.2, 0.25) is 5.02 Å². The number of amides is 2. The van der Waals surface area contributed by atoms with Gasteiger partial charge in [0.25, 0.3) is 0 Å². The molecular weight excluding hydrogens is 416 g/mol. The molecule has 0 aliphatic carbocycles. The summed E-state index contributed by atoms with van der Waals surface area (Å²) in [6.45, 7) is 0.574. The Morgan fingerprint density at radius 2 is 1.62 bits per heavy atom. The highest BCUT2D eigenvalue weighted by molar-refractivity contribution is 7.91. The number of benzene rings is 2. The molecule has 154 valence electrons. The molecule has 0 N–H and O–H groups in total. The van der Waals surface area contributed by atoms with Crippen LogP contribution >= 0.6 is 11.6 Å². The molecular formula is C20H21ClN2O5S. The summed E-state index contributed by atoms with van der Waals surface area (Å²) in [7, 11) is -1.78. The first kappa shape index (κ1) is 21.1. The maximum absolute atomic E-state index is 13.2. The van der Waals surface area contributed by atoms with E-state index in [9.17, 15) is 18.0 Å². The lowest BCUT2D eigenvalue weighted by Crippen LogP contribution is -2.49. The number of carbonyl (C=O) groups is 2. The topological polar surface area (TPSA) is 84.0 Å². The monoisotopic (exact) mass is 436 g/mol. The third-order valence-corrected chi connectivity index (χ3v) is 6.56. The van der Waals surface area contributed by atoms with Crippen LogP contribution < -0.4 is 4.90 Å². The number of urea groups is 1. The number of rotatable bonds is 4. The fourth-order valence-corrected chi connectivity index (χ4v) is 4.34. The second kappa shape index (κ2) is 8.84. The number of sulfone groups is 1. The molecule has 9 heteroatoms. The quantitative estimate of drug-likeness (QED) is 0.688. The van der Waals surface area contributed by atoms with Crippen LogP contribution in [0.5, 0.6) is 0 Å². The summed E-state index contributed by atoms with van der Waals surface area (Å²) >= 11 is 5.97. The highest BCUT2D eigenvalue weighted by Gasteiger charge is 2.29. The first-order valence-electron chi connectivity index (χ1n) is 8.99. The molecule has 1 aliphatic heterocycles. The van der Waals surface area contributed by atoms with Gasteiger partial charge in [-0.15, -0.1) is 0 Å². The molecule has 0 spiro atoms. The normalized spacial score (nSPS) is 15.6. The molecule has 1 saturated heterocycles. The molecule has 29 heavy (non-hydrogen) atoms. The molecule has 2 aromatic carbocycles. The molecule has 1 aliphatic rings. The minimum atomic E-state index is -3.09. The average molecular weight is 437 g/mol. The van der Waals surface area contributed by atoms with E-state index in [-0.39, 0.29) is 37.2 Å². The van der Waals surface area contributed by atoms with Crippen molar-refractivity contribution in [3.8, 4) is 0 Å². The maximum atomic E-state index is 13.2. The smallest absolute Gasteiger partial charge is 0.337 e. The minimum Gasteiger partial charge on any atom is -0.465 e. The predicted molar refractivity (Wildman–Crippen MR) is 111 cm³/mol. The Hall–Kier alpha value is -2.58. The number of carbonyl (C=O) groups excluding carboxylic acids is 2. The predicted octanol–water partition coefficient (Wildman–Crippen LogP) is 2.98. The van der Waals surface area contributed by atoms with Crippen molar-refractivity contribution < 1.29 is 22.7 Å². The van der Waals surface area contributed by atoms with Gasteiger partial charge in [-0.3, -0.25) is 4.90 Å². The molecule has 0 bridgehead atoms. The Morgan fingerprint density at radius 1 is 1.03 bits per heavy atom. The number of esters is 1. The highest BCUT2D eigenvalue weighted by Crippen LogP contribution is 2.23. The van der Waals surface area contributed by atoms with Gasteiger partial charge in [0, 0.05) is 23.8 Å². The lowest BCUT2D eigenvalue weighted by molar-refractivity contribution is 0.0600. The highest BCUT2D eigenvalue weighted by atomic mass is 35.5. The summed E-state index contributed by atoms with van der Waals surface area (Å²) in [6, 6.07) is 13.4. The van der Waals surface area contributed by atoms with Gasteiger partial charge in [-0.05, 0) is 42.0 Å². The van der Waals surface area contributed by atoms with Crippen LogP contribution in [0, 0.1) is 0 Å². The van der Waals surface area contributed by atoms with Gasteiger partial charge in [0.05, 0.1) is 30.7 Å². The lowest BCUT2D eigenvalue weighted by atomic mass is 10.1. The van der Waals surface area contributed by atoms with Crippen molar-refractivity contribution in [1.82, 2.24) is 4.90 Å². The Labute approximate surface area is 174 Å². The van der Waals surface area contributed by atoms with Crippen LogP contribution in [0.15, 0.2) is 48.5 Å². The summed E-state index contributed by atoms with van der Waals surface area (Å²) in [6.07, 6.45) is 0. The van der Waals surface area contributed by atoms with E-state index >= 15 is 0 Å². The summed E-state index contributed by atoms with van der Waals surface area (Å²) in [5, 5.41) is 0.549. The first-order valence-corrected chi connectivity index (χ1v) is 11.2. The number of anilines is 1. The molecule has 2 aromatic rings. The Bertz CT molecular complexity index is 977. The molecule has 1 fully saturated rings. The number of hydrogen-bond donors (Lipinski definition) is 0. The van der Waals surface area contributed by atoms with Gasteiger partial charge < -0.3 is 9.64 Å². The van der Waals surface area contributed by atoms with Crippen molar-refractivity contribution in [1.29, 1.82) is 0 Å². The van der Waals surface area contributed by atoms with E-state index in [4.69, 9.17) is 16.3 Å². The van der Waals surface area contributed by atoms with E-state index in [0.717, 1.165) is 5.56 Å². The van der Waals surface area contributed by atoms with E-state index in [1.165, 1.54) is 7.11 Å². The van der Waals surface area contributed by atoms with Crippen LogP contribution in [0.4, 0.5) is 10.5 Å². The van der Waals surface area contributed by atoms with Crippen molar-refractivity contribution in [2.75, 3.05) is 36.6 Å². The van der Waals surface area contributed by atoms with Crippen molar-refractivity contribution in [3.63, 3.8) is 0 Å². The second-order valence-electron chi connectivity index (χ2n) is 6.67. The lowest BCUT2D eigenvalue weighted by Gasteiger charge is -2.33. The Kier molecular flexibility index (Phi) is 6.44. The van der Waals surface area contributed by atoms with Gasteiger partial charge in [0.2, 0.25) is 0 Å². The molecule has 0 radical (unpaired) electrons. The number of methoxy groups -OCH3 is 1. The number of halogens is 1. The zero-order valence-corrected chi connectivity index (χ0v) is 17.4. The standard InChI is InChI=1S/C20H21ClN2O5S/c1-28-19(24)16-4-2-15(3-5-16)14-23(18-8-6-17(21)7-9-18)20(25)22-10-12-29(26,27)13-11-22/h2-9H,10-14H2,1H3. The van der Waals surface area contributed by atoms with Crippen molar-refractivity contribution >= 4 is 39.1 Å². The first-order chi connectivity index (χ1) is 13.8. The number of ether oxygens (including phenoxy) is 1. The second-order valence-corrected chi connectivity index (χ2v) is 9.41. The molecule has 0 saturated carbocycles. The van der Waals surface area contributed by atoms with Gasteiger partial charge in [0.1, 0.15) is 0 Å². The third-order valence-electron chi connectivity index (χ3n) is 4.70. The Balaban J connectivity index is 1.84. The summed E-state index contributed by atoms with van der Waals surface area (Å²) < 4.78 is 28.1. The van der Waals surface area contributed by atoms with Gasteiger partial charge in [-0.25, -0.2) is 18.0 Å². The molecule has 0 unspecified atom stereocenters. The van der Waals surface area contributed by atoms with Gasteiger partial charge in [-0.1, -0.05) is 23.7 Å². The fraction of sp³-hybridized carbons (Fsp3) is 0.300. The van der Waals surface area contributed by atoms with Gasteiger partial charge >= 0.3 is 12.0 Å². The number of nitrogens with zero attached hydrogens (tertiary/aromatic N) is 2. The Morgan fingerprint density at radius 3 is 2.17 bits per heavy atom. The SMILES string of the molecule is COC(=O)c1ccc(CN(C(=O)N2CCS(=O)(=O)CC2)c2ccc(Cl)cc2)cc1. The molecule has 0 atom stereocenters. The maximum Gasteiger partial charge on any atom is 0.337 e. The molecule has 3 rings (SSSR count). The van der Waals surface area contributed by atoms with Crippen LogP contribution in [0.1, 0.15) is 15.9 Å². The fourth-order valence-electron chi connectivity index (χ4n) is 3.01. The van der Waals surface area contributed by atoms with E-state index in [1.54, 1.807) is 58.3 Å². The van der Waals surface area contributed by atoms with Gasteiger partial charge in [-0.2, -0.15) is 0 Å². The summed E-state index contributed by atoms with van der Waals surface area (Å²) in [4.78, 5) is 27.9. The molecule has 7 nitrogen and oxygen atoms in total. The van der Waals surface area contributed by atoms with Crippen molar-refractivity contribution in [3.05, 3.63) is 64.7 Å². The molecule has 0 aromatic heterocycles. The van der Waals surface area contributed by atoms with Crippen molar-refractivity contribution in [2.45, 2.75) is 6.54 Å². The zero-order valence-electron chi connectivity index (χ0n) is 15.9. The number of hydrogen-bond acceptors (Lipinski definition) is 5. The van der Waals surface area contributed by atoms with Gasteiger partial charge in [0.15, 0.2) is 9.84 Å². The van der Waals surface area contributed by atoms with E-state index < -0.39 is 15.8 Å². The van der Waals surface area contributed by atoms with Crippen molar-refractivity contribution in [2.24, 2.45) is 0 Å². The van der Waals surface area contributed by atoms with E-state index in [2.05, 4.69) is 0 Å². The molecule has 2 amide bonds. The minimum absolute atomic E-state index is 0.0407. The average Bonchev–Trinajstić information content (AvgIpc) is 2.72.